The highest BCUT2D eigenvalue weighted by molar-refractivity contribution is 6.00. The van der Waals surface area contributed by atoms with Gasteiger partial charge in [0.05, 0.1) is 28.4 Å². The van der Waals surface area contributed by atoms with Gasteiger partial charge in [0, 0.05) is 37.8 Å². The molecule has 0 atom stereocenters. The van der Waals surface area contributed by atoms with Crippen LogP contribution in [0.2, 0.25) is 0 Å². The zero-order valence-corrected chi connectivity index (χ0v) is 22.4. The summed E-state index contributed by atoms with van der Waals surface area (Å²) in [5, 5.41) is 0. The summed E-state index contributed by atoms with van der Waals surface area (Å²) in [6.07, 6.45) is 1.52. The minimum absolute atomic E-state index is 0.199. The van der Waals surface area contributed by atoms with E-state index in [4.69, 9.17) is 18.9 Å². The van der Waals surface area contributed by atoms with Gasteiger partial charge in [0.2, 0.25) is 11.7 Å². The number of ether oxygens (including phenoxy) is 4. The molecule has 0 bridgehead atoms. The predicted molar refractivity (Wildman–Crippen MR) is 145 cm³/mol. The van der Waals surface area contributed by atoms with Crippen LogP contribution < -0.4 is 18.9 Å². The third-order valence-electron chi connectivity index (χ3n) is 6.59. The third kappa shape index (κ3) is 6.14. The molecule has 3 aromatic rings. The Morgan fingerprint density at radius 3 is 1.87 bits per heavy atom. The molecule has 1 aliphatic heterocycles. The number of halogens is 1. The van der Waals surface area contributed by atoms with Crippen LogP contribution in [0.4, 0.5) is 4.39 Å². The van der Waals surface area contributed by atoms with Crippen molar-refractivity contribution in [2.75, 3.05) is 54.6 Å². The molecule has 0 N–H and O–H groups in total. The van der Waals surface area contributed by atoms with E-state index in [1.807, 2.05) is 12.1 Å². The molecule has 0 aromatic heterocycles. The molecule has 8 nitrogen and oxygen atoms in total. The topological polar surface area (TPSA) is 77.5 Å². The molecular formula is C30H31FN2O6. The Morgan fingerprint density at radius 1 is 0.718 bits per heavy atom. The van der Waals surface area contributed by atoms with Gasteiger partial charge in [-0.2, -0.15) is 0 Å². The van der Waals surface area contributed by atoms with Crippen molar-refractivity contribution in [3.63, 3.8) is 0 Å². The molecule has 0 spiro atoms. The first-order valence-corrected chi connectivity index (χ1v) is 12.4. The van der Waals surface area contributed by atoms with E-state index in [1.165, 1.54) is 39.5 Å². The van der Waals surface area contributed by atoms with Crippen molar-refractivity contribution >= 4 is 17.4 Å². The average molecular weight is 535 g/mol. The number of rotatable bonds is 8. The summed E-state index contributed by atoms with van der Waals surface area (Å²) in [6, 6.07) is 16.6. The first-order valence-electron chi connectivity index (χ1n) is 12.4. The second-order valence-corrected chi connectivity index (χ2v) is 8.83. The maximum atomic E-state index is 14.0. The Morgan fingerprint density at radius 2 is 1.33 bits per heavy atom. The Labute approximate surface area is 227 Å². The maximum absolute atomic E-state index is 14.0. The number of nitrogens with zero attached hydrogens (tertiary/aromatic N) is 2. The van der Waals surface area contributed by atoms with Crippen LogP contribution >= 0.6 is 0 Å². The average Bonchev–Trinajstić information content (AvgIpc) is 2.98. The van der Waals surface area contributed by atoms with Gasteiger partial charge in [-0.05, 0) is 53.1 Å². The molecule has 0 radical (unpaired) electrons. The van der Waals surface area contributed by atoms with E-state index in [1.54, 1.807) is 53.3 Å². The molecule has 4 rings (SSSR count). The van der Waals surface area contributed by atoms with E-state index in [0.29, 0.717) is 65.9 Å². The summed E-state index contributed by atoms with van der Waals surface area (Å²) in [5.74, 6) is 1.06. The van der Waals surface area contributed by atoms with Crippen LogP contribution in [0.1, 0.15) is 21.5 Å². The van der Waals surface area contributed by atoms with Crippen molar-refractivity contribution in [1.82, 2.24) is 9.80 Å². The number of amides is 2. The Balaban J connectivity index is 1.52. The lowest BCUT2D eigenvalue weighted by Crippen LogP contribution is -2.50. The fourth-order valence-electron chi connectivity index (χ4n) is 4.49. The van der Waals surface area contributed by atoms with Gasteiger partial charge in [-0.1, -0.05) is 24.3 Å². The molecule has 1 heterocycles. The van der Waals surface area contributed by atoms with Crippen molar-refractivity contribution < 1.29 is 32.9 Å². The van der Waals surface area contributed by atoms with Crippen molar-refractivity contribution in [3.05, 3.63) is 89.2 Å². The number of hydrogen-bond acceptors (Lipinski definition) is 6. The minimum Gasteiger partial charge on any atom is -0.497 e. The van der Waals surface area contributed by atoms with Crippen molar-refractivity contribution in [1.29, 1.82) is 0 Å². The summed E-state index contributed by atoms with van der Waals surface area (Å²) in [7, 11) is 6.07. The summed E-state index contributed by atoms with van der Waals surface area (Å²) >= 11 is 0. The molecule has 1 saturated heterocycles. The normalized spacial score (nSPS) is 13.6. The first-order chi connectivity index (χ1) is 18.9. The summed E-state index contributed by atoms with van der Waals surface area (Å²) in [6.45, 7) is 1.41. The Kier molecular flexibility index (Phi) is 8.70. The van der Waals surface area contributed by atoms with E-state index in [9.17, 15) is 14.0 Å². The number of carbonyl (C=O) groups excluding carboxylic acids is 2. The lowest BCUT2D eigenvalue weighted by atomic mass is 9.97. The van der Waals surface area contributed by atoms with Crippen LogP contribution in [0, 0.1) is 5.82 Å². The summed E-state index contributed by atoms with van der Waals surface area (Å²) in [5.41, 5.74) is 2.34. The second-order valence-electron chi connectivity index (χ2n) is 8.83. The molecule has 0 aliphatic carbocycles. The molecule has 0 unspecified atom stereocenters. The van der Waals surface area contributed by atoms with E-state index in [2.05, 4.69) is 0 Å². The van der Waals surface area contributed by atoms with E-state index >= 15 is 0 Å². The largest absolute Gasteiger partial charge is 0.497 e. The van der Waals surface area contributed by atoms with E-state index in [-0.39, 0.29) is 11.8 Å². The highest BCUT2D eigenvalue weighted by Gasteiger charge is 2.26. The minimum atomic E-state index is -0.390. The molecule has 1 aliphatic rings. The second kappa shape index (κ2) is 12.3. The molecule has 1 fully saturated rings. The number of methoxy groups -OCH3 is 4. The Hall–Kier alpha value is -4.53. The molecule has 39 heavy (non-hydrogen) atoms. The number of carbonyl (C=O) groups is 2. The SMILES string of the molecule is COc1ccc(/C(=C/C(=O)N2CCN(C(=O)c3cc(OC)c(OC)c(OC)c3)CC2)c2cccc(F)c2)cc1. The molecular weight excluding hydrogens is 503 g/mol. The molecule has 2 amide bonds. The van der Waals surface area contributed by atoms with E-state index in [0.717, 1.165) is 5.56 Å². The zero-order valence-electron chi connectivity index (χ0n) is 22.4. The van der Waals surface area contributed by atoms with Gasteiger partial charge in [-0.15, -0.1) is 0 Å². The Bertz CT molecular complexity index is 1340. The highest BCUT2D eigenvalue weighted by atomic mass is 19.1. The third-order valence-corrected chi connectivity index (χ3v) is 6.59. The van der Waals surface area contributed by atoms with Crippen molar-refractivity contribution in [3.8, 4) is 23.0 Å². The quantitative estimate of drug-likeness (QED) is 0.402. The van der Waals surface area contributed by atoms with Crippen LogP contribution in [0.5, 0.6) is 23.0 Å². The number of hydrogen-bond donors (Lipinski definition) is 0. The summed E-state index contributed by atoms with van der Waals surface area (Å²) < 4.78 is 35.4. The van der Waals surface area contributed by atoms with Crippen LogP contribution in [0.15, 0.2) is 66.7 Å². The highest BCUT2D eigenvalue weighted by Crippen LogP contribution is 2.38. The lowest BCUT2D eigenvalue weighted by Gasteiger charge is -2.34. The van der Waals surface area contributed by atoms with E-state index < -0.39 is 5.82 Å². The van der Waals surface area contributed by atoms with Crippen LogP contribution in [0.3, 0.4) is 0 Å². The molecule has 204 valence electrons. The molecule has 9 heteroatoms. The van der Waals surface area contributed by atoms with Gasteiger partial charge in [0.15, 0.2) is 11.5 Å². The fraction of sp³-hybridized carbons (Fsp3) is 0.267. The van der Waals surface area contributed by atoms with Crippen molar-refractivity contribution in [2.45, 2.75) is 0 Å². The molecule has 3 aromatic carbocycles. The predicted octanol–water partition coefficient (Wildman–Crippen LogP) is 4.28. The maximum Gasteiger partial charge on any atom is 0.254 e. The summed E-state index contributed by atoms with van der Waals surface area (Å²) in [4.78, 5) is 30.0. The zero-order chi connectivity index (χ0) is 27.9. The monoisotopic (exact) mass is 534 g/mol. The first kappa shape index (κ1) is 27.5. The van der Waals surface area contributed by atoms with Gasteiger partial charge in [-0.25, -0.2) is 4.39 Å². The number of benzene rings is 3. The van der Waals surface area contributed by atoms with Gasteiger partial charge in [-0.3, -0.25) is 9.59 Å². The van der Waals surface area contributed by atoms with Crippen LogP contribution in [-0.4, -0.2) is 76.2 Å². The van der Waals surface area contributed by atoms with Crippen molar-refractivity contribution in [2.24, 2.45) is 0 Å². The van der Waals surface area contributed by atoms with Gasteiger partial charge < -0.3 is 28.7 Å². The van der Waals surface area contributed by atoms with Gasteiger partial charge in [0.25, 0.3) is 5.91 Å². The molecule has 0 saturated carbocycles. The van der Waals surface area contributed by atoms with Crippen LogP contribution in [0.25, 0.3) is 5.57 Å². The standard InChI is InChI=1S/C30H31FN2O6/c1-36-24-10-8-20(9-11-24)25(21-6-5-7-23(31)16-21)19-28(34)32-12-14-33(15-13-32)30(35)22-17-26(37-2)29(39-4)27(18-22)38-3/h5-11,16-19H,12-15H2,1-4H3/b25-19-. The number of piperazine rings is 1. The van der Waals surface area contributed by atoms with Crippen LogP contribution in [-0.2, 0) is 4.79 Å². The smallest absolute Gasteiger partial charge is 0.254 e. The van der Waals surface area contributed by atoms with Gasteiger partial charge >= 0.3 is 0 Å². The van der Waals surface area contributed by atoms with Gasteiger partial charge in [0.1, 0.15) is 11.6 Å². The lowest BCUT2D eigenvalue weighted by molar-refractivity contribution is -0.127. The fourth-order valence-corrected chi connectivity index (χ4v) is 4.49.